The van der Waals surface area contributed by atoms with Crippen LogP contribution in [0.5, 0.6) is 11.5 Å². The van der Waals surface area contributed by atoms with Crippen molar-refractivity contribution in [2.45, 2.75) is 90.3 Å². The van der Waals surface area contributed by atoms with Crippen LogP contribution in [0.2, 0.25) is 0 Å². The molecule has 0 amide bonds. The Hall–Kier alpha value is -3.81. The maximum Gasteiger partial charge on any atom is 0.425 e. The van der Waals surface area contributed by atoms with Crippen molar-refractivity contribution in [2.75, 3.05) is 6.61 Å². The zero-order valence-corrected chi connectivity index (χ0v) is 25.0. The second kappa shape index (κ2) is 17.3. The van der Waals surface area contributed by atoms with E-state index >= 15 is 0 Å². The Morgan fingerprint density at radius 3 is 1.70 bits per heavy atom. The maximum absolute atomic E-state index is 13.2. The van der Waals surface area contributed by atoms with Crippen molar-refractivity contribution in [2.24, 2.45) is 0 Å². The lowest BCUT2D eigenvalue weighted by atomic mass is 10.0. The summed E-state index contributed by atoms with van der Waals surface area (Å²) in [7, 11) is 0. The summed E-state index contributed by atoms with van der Waals surface area (Å²) in [4.78, 5) is 24.9. The normalized spacial score (nSPS) is 12.0. The SMILES string of the molecule is CCCCCCCCCOc1ccc(-c2ccc(C(=O)Oc3ccc(C(=O)O[C@H](CCCC)C(F)(F)F)cc3)cc2)cc1. The minimum Gasteiger partial charge on any atom is -0.494 e. The first-order valence-electron chi connectivity index (χ1n) is 15.1. The molecule has 3 aromatic carbocycles. The summed E-state index contributed by atoms with van der Waals surface area (Å²) in [6.45, 7) is 4.68. The summed E-state index contributed by atoms with van der Waals surface area (Å²) in [6, 6.07) is 20.0. The average Bonchev–Trinajstić information content (AvgIpc) is 3.00. The third-order valence-corrected chi connectivity index (χ3v) is 7.06. The van der Waals surface area contributed by atoms with Crippen LogP contribution in [0, 0.1) is 0 Å². The number of hydrogen-bond donors (Lipinski definition) is 0. The van der Waals surface area contributed by atoms with Gasteiger partial charge in [0, 0.05) is 0 Å². The van der Waals surface area contributed by atoms with Crippen LogP contribution in [-0.4, -0.2) is 30.8 Å². The first-order valence-corrected chi connectivity index (χ1v) is 15.1. The number of carbonyl (C=O) groups excluding carboxylic acids is 2. The molecule has 232 valence electrons. The van der Waals surface area contributed by atoms with Gasteiger partial charge in [0.15, 0.2) is 6.10 Å². The maximum atomic E-state index is 13.2. The molecular weight excluding hydrogens is 557 g/mol. The Morgan fingerprint density at radius 2 is 1.12 bits per heavy atom. The van der Waals surface area contributed by atoms with Gasteiger partial charge in [-0.25, -0.2) is 9.59 Å². The van der Waals surface area contributed by atoms with Crippen LogP contribution >= 0.6 is 0 Å². The second-order valence-electron chi connectivity index (χ2n) is 10.6. The van der Waals surface area contributed by atoms with Gasteiger partial charge in [0.05, 0.1) is 17.7 Å². The molecule has 0 N–H and O–H groups in total. The van der Waals surface area contributed by atoms with Crippen molar-refractivity contribution in [3.05, 3.63) is 83.9 Å². The van der Waals surface area contributed by atoms with Crippen molar-refractivity contribution in [3.63, 3.8) is 0 Å². The molecule has 0 saturated carbocycles. The zero-order valence-electron chi connectivity index (χ0n) is 25.0. The van der Waals surface area contributed by atoms with Gasteiger partial charge in [-0.05, 0) is 78.9 Å². The molecule has 3 rings (SSSR count). The lowest BCUT2D eigenvalue weighted by Crippen LogP contribution is -2.33. The van der Waals surface area contributed by atoms with E-state index < -0.39 is 24.2 Å². The van der Waals surface area contributed by atoms with E-state index in [2.05, 4.69) is 6.92 Å². The van der Waals surface area contributed by atoms with Crippen molar-refractivity contribution in [1.82, 2.24) is 0 Å². The molecule has 0 aliphatic heterocycles. The standard InChI is InChI=1S/C35H41F3O5/c1-3-5-7-8-9-10-11-25-41-30-21-17-27(18-22-30)26-13-15-28(16-14-26)33(39)42-31-23-19-29(20-24-31)34(40)43-32(12-6-4-2)35(36,37)38/h13-24,32H,3-12,25H2,1-2H3/t32-/m1/s1. The van der Waals surface area contributed by atoms with Crippen molar-refractivity contribution in [3.8, 4) is 22.6 Å². The van der Waals surface area contributed by atoms with Gasteiger partial charge in [-0.3, -0.25) is 0 Å². The van der Waals surface area contributed by atoms with Gasteiger partial charge >= 0.3 is 18.1 Å². The number of benzene rings is 3. The van der Waals surface area contributed by atoms with Crippen molar-refractivity contribution >= 4 is 11.9 Å². The lowest BCUT2D eigenvalue weighted by Gasteiger charge is -2.20. The Labute approximate surface area is 252 Å². The quantitative estimate of drug-likeness (QED) is 0.0879. The van der Waals surface area contributed by atoms with E-state index in [1.165, 1.54) is 62.8 Å². The highest BCUT2D eigenvalue weighted by atomic mass is 19.4. The first kappa shape index (κ1) is 33.7. The Morgan fingerprint density at radius 1 is 0.628 bits per heavy atom. The highest BCUT2D eigenvalue weighted by Gasteiger charge is 2.42. The van der Waals surface area contributed by atoms with E-state index in [-0.39, 0.29) is 24.2 Å². The third-order valence-electron chi connectivity index (χ3n) is 7.06. The Kier molecular flexibility index (Phi) is 13.6. The van der Waals surface area contributed by atoms with E-state index in [1.54, 1.807) is 19.1 Å². The van der Waals surface area contributed by atoms with E-state index in [4.69, 9.17) is 14.2 Å². The topological polar surface area (TPSA) is 61.8 Å². The van der Waals surface area contributed by atoms with E-state index in [9.17, 15) is 22.8 Å². The summed E-state index contributed by atoms with van der Waals surface area (Å²) in [5, 5.41) is 0. The van der Waals surface area contributed by atoms with Crippen molar-refractivity contribution in [1.29, 1.82) is 0 Å². The van der Waals surface area contributed by atoms with Crippen LogP contribution in [0.15, 0.2) is 72.8 Å². The molecule has 43 heavy (non-hydrogen) atoms. The van der Waals surface area contributed by atoms with Gasteiger partial charge < -0.3 is 14.2 Å². The van der Waals surface area contributed by atoms with E-state index in [1.807, 2.05) is 36.4 Å². The number of hydrogen-bond acceptors (Lipinski definition) is 5. The highest BCUT2D eigenvalue weighted by Crippen LogP contribution is 2.28. The molecule has 8 heteroatoms. The fourth-order valence-corrected chi connectivity index (χ4v) is 4.49. The predicted molar refractivity (Wildman–Crippen MR) is 162 cm³/mol. The molecule has 3 aromatic rings. The summed E-state index contributed by atoms with van der Waals surface area (Å²) in [6.07, 6.45) is 2.40. The summed E-state index contributed by atoms with van der Waals surface area (Å²) in [5.74, 6) is -0.714. The van der Waals surface area contributed by atoms with Crippen LogP contribution < -0.4 is 9.47 Å². The Balaban J connectivity index is 1.48. The lowest BCUT2D eigenvalue weighted by molar-refractivity contribution is -0.206. The number of carbonyl (C=O) groups is 2. The molecule has 0 aliphatic carbocycles. The minimum atomic E-state index is -4.64. The van der Waals surface area contributed by atoms with Gasteiger partial charge in [0.25, 0.3) is 0 Å². The molecule has 0 unspecified atom stereocenters. The molecule has 0 radical (unpaired) electrons. The first-order chi connectivity index (χ1) is 20.7. The number of ether oxygens (including phenoxy) is 3. The van der Waals surface area contributed by atoms with Crippen LogP contribution in [0.4, 0.5) is 13.2 Å². The van der Waals surface area contributed by atoms with E-state index in [0.717, 1.165) is 23.3 Å². The van der Waals surface area contributed by atoms with Crippen LogP contribution in [0.1, 0.15) is 98.8 Å². The molecule has 0 aliphatic rings. The number of rotatable bonds is 17. The largest absolute Gasteiger partial charge is 0.494 e. The van der Waals surface area contributed by atoms with Gasteiger partial charge in [-0.1, -0.05) is 83.1 Å². The Bertz CT molecular complexity index is 1250. The smallest absolute Gasteiger partial charge is 0.425 e. The molecule has 0 fully saturated rings. The second-order valence-corrected chi connectivity index (χ2v) is 10.6. The molecule has 0 bridgehead atoms. The molecule has 0 heterocycles. The number of halogens is 3. The summed E-state index contributed by atoms with van der Waals surface area (Å²) < 4.78 is 55.5. The third kappa shape index (κ3) is 11.4. The average molecular weight is 599 g/mol. The predicted octanol–water partition coefficient (Wildman–Crippen LogP) is 9.98. The van der Waals surface area contributed by atoms with Gasteiger partial charge in [-0.2, -0.15) is 13.2 Å². The molecule has 0 aromatic heterocycles. The monoisotopic (exact) mass is 598 g/mol. The summed E-state index contributed by atoms with van der Waals surface area (Å²) >= 11 is 0. The van der Waals surface area contributed by atoms with Crippen LogP contribution in [0.3, 0.4) is 0 Å². The van der Waals surface area contributed by atoms with Crippen LogP contribution in [-0.2, 0) is 4.74 Å². The number of alkyl halides is 3. The molecule has 5 nitrogen and oxygen atoms in total. The highest BCUT2D eigenvalue weighted by molar-refractivity contribution is 5.92. The van der Waals surface area contributed by atoms with Crippen LogP contribution in [0.25, 0.3) is 11.1 Å². The number of unbranched alkanes of at least 4 members (excludes halogenated alkanes) is 7. The van der Waals surface area contributed by atoms with Gasteiger partial charge in [0.1, 0.15) is 11.5 Å². The molecule has 0 saturated heterocycles. The molecule has 0 spiro atoms. The minimum absolute atomic E-state index is 0.0656. The zero-order chi connectivity index (χ0) is 31.1. The molecule has 1 atom stereocenters. The molecular formula is C35H41F3O5. The fourth-order valence-electron chi connectivity index (χ4n) is 4.49. The van der Waals surface area contributed by atoms with Gasteiger partial charge in [0.2, 0.25) is 0 Å². The summed E-state index contributed by atoms with van der Waals surface area (Å²) in [5.41, 5.74) is 2.16. The van der Waals surface area contributed by atoms with Gasteiger partial charge in [-0.15, -0.1) is 0 Å². The fraction of sp³-hybridized carbons (Fsp3) is 0.429. The number of esters is 2. The van der Waals surface area contributed by atoms with E-state index in [0.29, 0.717) is 18.6 Å². The van der Waals surface area contributed by atoms with Crippen molar-refractivity contribution < 1.29 is 37.0 Å².